The molecule has 4 rings (SSSR count). The normalized spacial score (nSPS) is 15.1. The van der Waals surface area contributed by atoms with Crippen molar-refractivity contribution in [2.45, 2.75) is 6.61 Å². The minimum absolute atomic E-state index is 0.00372. The molecule has 0 aromatic heterocycles. The van der Waals surface area contributed by atoms with Gasteiger partial charge >= 0.3 is 0 Å². The number of hydrogen-bond acceptors (Lipinski definition) is 4. The summed E-state index contributed by atoms with van der Waals surface area (Å²) in [4.78, 5) is 26.7. The fraction of sp³-hybridized carbons (Fsp3) is 0.0417. The van der Waals surface area contributed by atoms with E-state index in [2.05, 4.69) is 5.32 Å². The summed E-state index contributed by atoms with van der Waals surface area (Å²) in [6.45, 7) is 0.287. The smallest absolute Gasteiger partial charge is 0.270 e. The van der Waals surface area contributed by atoms with Crippen LogP contribution in [-0.4, -0.2) is 16.9 Å². The van der Waals surface area contributed by atoms with Crippen LogP contribution in [0.25, 0.3) is 6.08 Å². The highest BCUT2D eigenvalue weighted by molar-refractivity contribution is 7.80. The molecule has 2 amide bonds. The lowest BCUT2D eigenvalue weighted by atomic mass is 10.1. The molecule has 0 bridgehead atoms. The highest BCUT2D eigenvalue weighted by atomic mass is 35.5. The average Bonchev–Trinajstić information content (AvgIpc) is 2.78. The summed E-state index contributed by atoms with van der Waals surface area (Å²) >= 11 is 11.1. The van der Waals surface area contributed by atoms with Gasteiger partial charge in [0.2, 0.25) is 0 Å². The van der Waals surface area contributed by atoms with E-state index < -0.39 is 11.8 Å². The molecule has 0 radical (unpaired) electrons. The number of nitrogens with one attached hydrogen (secondary N) is 1. The predicted molar refractivity (Wildman–Crippen MR) is 125 cm³/mol. The van der Waals surface area contributed by atoms with Crippen molar-refractivity contribution in [2.24, 2.45) is 0 Å². The third-order valence-electron chi connectivity index (χ3n) is 4.70. The summed E-state index contributed by atoms with van der Waals surface area (Å²) in [5, 5.41) is 3.06. The molecule has 1 aliphatic heterocycles. The van der Waals surface area contributed by atoms with Crippen molar-refractivity contribution in [1.29, 1.82) is 0 Å². The van der Waals surface area contributed by atoms with Crippen LogP contribution in [0.3, 0.4) is 0 Å². The van der Waals surface area contributed by atoms with E-state index in [9.17, 15) is 14.0 Å². The van der Waals surface area contributed by atoms with Crippen LogP contribution in [0.15, 0.2) is 78.4 Å². The third-order valence-corrected chi connectivity index (χ3v) is 5.23. The van der Waals surface area contributed by atoms with Gasteiger partial charge in [-0.05, 0) is 78.0 Å². The van der Waals surface area contributed by atoms with Gasteiger partial charge in [-0.15, -0.1) is 0 Å². The number of anilines is 1. The van der Waals surface area contributed by atoms with E-state index in [0.29, 0.717) is 22.0 Å². The SMILES string of the molecule is O=C1NC(=S)N(c2ccc(Cl)cc2)C(=O)/C1=C/c1ccc(OCc2ccc(F)cc2)cc1. The monoisotopic (exact) mass is 466 g/mol. The van der Waals surface area contributed by atoms with Crippen LogP contribution in [0.2, 0.25) is 5.02 Å². The summed E-state index contributed by atoms with van der Waals surface area (Å²) in [6, 6.07) is 19.5. The van der Waals surface area contributed by atoms with Gasteiger partial charge in [0.1, 0.15) is 23.7 Å². The molecule has 0 saturated carbocycles. The lowest BCUT2D eigenvalue weighted by molar-refractivity contribution is -0.122. The van der Waals surface area contributed by atoms with Gasteiger partial charge in [-0.25, -0.2) is 4.39 Å². The van der Waals surface area contributed by atoms with Crippen molar-refractivity contribution in [3.05, 3.63) is 100 Å². The summed E-state index contributed by atoms with van der Waals surface area (Å²) in [5.41, 5.74) is 1.93. The van der Waals surface area contributed by atoms with Crippen molar-refractivity contribution in [3.63, 3.8) is 0 Å². The quantitative estimate of drug-likeness (QED) is 0.330. The molecule has 0 spiro atoms. The summed E-state index contributed by atoms with van der Waals surface area (Å²) in [6.07, 6.45) is 1.49. The largest absolute Gasteiger partial charge is 0.489 e. The summed E-state index contributed by atoms with van der Waals surface area (Å²) < 4.78 is 18.7. The van der Waals surface area contributed by atoms with Gasteiger partial charge in [-0.3, -0.25) is 19.8 Å². The topological polar surface area (TPSA) is 58.6 Å². The molecule has 160 valence electrons. The number of thiocarbonyl (C=S) groups is 1. The van der Waals surface area contributed by atoms with Gasteiger partial charge in [-0.1, -0.05) is 35.9 Å². The van der Waals surface area contributed by atoms with Gasteiger partial charge in [0.15, 0.2) is 5.11 Å². The molecule has 1 aliphatic rings. The van der Waals surface area contributed by atoms with Crippen molar-refractivity contribution in [3.8, 4) is 5.75 Å². The number of carbonyl (C=O) groups excluding carboxylic acids is 2. The number of halogens is 2. The van der Waals surface area contributed by atoms with E-state index in [1.807, 2.05) is 0 Å². The standard InChI is InChI=1S/C24H16ClFN2O3S/c25-17-5-9-19(10-6-17)28-23(30)21(22(29)27-24(28)32)13-15-3-11-20(12-4-15)31-14-16-1-7-18(26)8-2-16/h1-13H,14H2,(H,27,29,32)/b21-13+. The van der Waals surface area contributed by atoms with E-state index in [-0.39, 0.29) is 23.1 Å². The second-order valence-corrected chi connectivity index (χ2v) is 7.74. The molecule has 1 fully saturated rings. The molecule has 0 unspecified atom stereocenters. The van der Waals surface area contributed by atoms with E-state index >= 15 is 0 Å². The van der Waals surface area contributed by atoms with Crippen LogP contribution in [0.1, 0.15) is 11.1 Å². The number of amides is 2. The minimum Gasteiger partial charge on any atom is -0.489 e. The van der Waals surface area contributed by atoms with Gasteiger partial charge in [0.25, 0.3) is 11.8 Å². The number of hydrogen-bond donors (Lipinski definition) is 1. The Hall–Kier alpha value is -3.55. The fourth-order valence-electron chi connectivity index (χ4n) is 3.06. The zero-order chi connectivity index (χ0) is 22.7. The van der Waals surface area contributed by atoms with Gasteiger partial charge < -0.3 is 4.74 Å². The first-order valence-corrected chi connectivity index (χ1v) is 10.3. The molecule has 1 N–H and O–H groups in total. The first-order valence-electron chi connectivity index (χ1n) is 9.55. The fourth-order valence-corrected chi connectivity index (χ4v) is 3.46. The van der Waals surface area contributed by atoms with Crippen molar-refractivity contribution < 1.29 is 18.7 Å². The van der Waals surface area contributed by atoms with E-state index in [4.69, 9.17) is 28.6 Å². The Balaban J connectivity index is 1.50. The van der Waals surface area contributed by atoms with Crippen LogP contribution in [-0.2, 0) is 16.2 Å². The van der Waals surface area contributed by atoms with Crippen LogP contribution >= 0.6 is 23.8 Å². The van der Waals surface area contributed by atoms with Crippen LogP contribution in [0.5, 0.6) is 5.75 Å². The lowest BCUT2D eigenvalue weighted by Crippen LogP contribution is -2.54. The van der Waals surface area contributed by atoms with E-state index in [0.717, 1.165) is 5.56 Å². The van der Waals surface area contributed by atoms with Crippen molar-refractivity contribution in [1.82, 2.24) is 5.32 Å². The zero-order valence-electron chi connectivity index (χ0n) is 16.5. The highest BCUT2D eigenvalue weighted by Gasteiger charge is 2.34. The Kier molecular flexibility index (Phi) is 6.30. The zero-order valence-corrected chi connectivity index (χ0v) is 18.1. The Morgan fingerprint density at radius 2 is 1.62 bits per heavy atom. The molecule has 0 aliphatic carbocycles. The summed E-state index contributed by atoms with van der Waals surface area (Å²) in [5.74, 6) is -0.803. The molecule has 1 heterocycles. The van der Waals surface area contributed by atoms with Crippen molar-refractivity contribution in [2.75, 3.05) is 4.90 Å². The Bertz CT molecular complexity index is 1210. The van der Waals surface area contributed by atoms with Crippen LogP contribution in [0.4, 0.5) is 10.1 Å². The first kappa shape index (κ1) is 21.7. The molecule has 5 nitrogen and oxygen atoms in total. The summed E-state index contributed by atoms with van der Waals surface area (Å²) in [7, 11) is 0. The third kappa shape index (κ3) is 4.85. The Labute approximate surface area is 194 Å². The number of ether oxygens (including phenoxy) is 1. The number of rotatable bonds is 5. The maximum absolute atomic E-state index is 13.0. The van der Waals surface area contributed by atoms with Crippen molar-refractivity contribution >= 4 is 52.5 Å². The van der Waals surface area contributed by atoms with Crippen LogP contribution in [0, 0.1) is 5.82 Å². The molecule has 1 saturated heterocycles. The molecular weight excluding hydrogens is 451 g/mol. The maximum atomic E-state index is 13.0. The molecule has 3 aromatic carbocycles. The highest BCUT2D eigenvalue weighted by Crippen LogP contribution is 2.24. The van der Waals surface area contributed by atoms with E-state index in [1.54, 1.807) is 60.7 Å². The molecule has 8 heteroatoms. The maximum Gasteiger partial charge on any atom is 0.270 e. The molecule has 3 aromatic rings. The first-order chi connectivity index (χ1) is 15.4. The van der Waals surface area contributed by atoms with Crippen LogP contribution < -0.4 is 15.0 Å². The van der Waals surface area contributed by atoms with Gasteiger partial charge in [-0.2, -0.15) is 0 Å². The number of nitrogens with zero attached hydrogens (tertiary/aromatic N) is 1. The van der Waals surface area contributed by atoms with Gasteiger partial charge in [0.05, 0.1) is 5.69 Å². The van der Waals surface area contributed by atoms with E-state index in [1.165, 1.54) is 23.1 Å². The van der Waals surface area contributed by atoms with Gasteiger partial charge in [0, 0.05) is 5.02 Å². The Morgan fingerprint density at radius 1 is 0.969 bits per heavy atom. The average molecular weight is 467 g/mol. The second kappa shape index (κ2) is 9.30. The second-order valence-electron chi connectivity index (χ2n) is 6.92. The molecule has 0 atom stereocenters. The number of benzene rings is 3. The lowest BCUT2D eigenvalue weighted by Gasteiger charge is -2.28. The Morgan fingerprint density at radius 3 is 2.28 bits per heavy atom. The number of carbonyl (C=O) groups is 2. The molecular formula is C24H16ClFN2O3S. The predicted octanol–water partition coefficient (Wildman–Crippen LogP) is 4.89. The minimum atomic E-state index is -0.568. The molecule has 32 heavy (non-hydrogen) atoms.